The molecule has 1 aromatic rings. The molecule has 0 aliphatic heterocycles. The minimum atomic E-state index is -0.990. The quantitative estimate of drug-likeness (QED) is 0.612. The maximum Gasteiger partial charge on any atom is 0.166 e. The summed E-state index contributed by atoms with van der Waals surface area (Å²) in [7, 11) is 0. The molecule has 1 aromatic carbocycles. The van der Waals surface area contributed by atoms with Crippen LogP contribution in [-0.2, 0) is 0 Å². The lowest BCUT2D eigenvalue weighted by atomic mass is 10.1. The van der Waals surface area contributed by atoms with Crippen LogP contribution in [0.4, 0.5) is 0 Å². The number of hydrogen-bond acceptors (Lipinski definition) is 2. The Balaban J connectivity index is 3.05. The predicted octanol–water partition coefficient (Wildman–Crippen LogP) is 1.55. The third-order valence-corrected chi connectivity index (χ3v) is 1.61. The number of benzene rings is 1. The highest BCUT2D eigenvalue weighted by Gasteiger charge is 2.06. The SMILES string of the molecule is Cc1ccccc1C(O)C#N. The topological polar surface area (TPSA) is 44.0 Å². The zero-order valence-corrected chi connectivity index (χ0v) is 6.28. The lowest BCUT2D eigenvalue weighted by Gasteiger charge is -2.04. The summed E-state index contributed by atoms with van der Waals surface area (Å²) in [6.45, 7) is 1.87. The fraction of sp³-hybridized carbons (Fsp3) is 0.222. The highest BCUT2D eigenvalue weighted by Crippen LogP contribution is 2.15. The van der Waals surface area contributed by atoms with Gasteiger partial charge in [0.05, 0.1) is 6.07 Å². The number of rotatable bonds is 1. The van der Waals surface area contributed by atoms with E-state index in [1.165, 1.54) is 0 Å². The number of aliphatic hydroxyl groups is 1. The Labute approximate surface area is 65.7 Å². The molecular weight excluding hydrogens is 138 g/mol. The summed E-state index contributed by atoms with van der Waals surface area (Å²) in [4.78, 5) is 0. The van der Waals surface area contributed by atoms with Crippen molar-refractivity contribution in [3.05, 3.63) is 35.4 Å². The van der Waals surface area contributed by atoms with Gasteiger partial charge < -0.3 is 5.11 Å². The van der Waals surface area contributed by atoms with Crippen molar-refractivity contribution in [3.8, 4) is 6.07 Å². The van der Waals surface area contributed by atoms with Gasteiger partial charge in [-0.2, -0.15) is 5.26 Å². The maximum atomic E-state index is 9.15. The van der Waals surface area contributed by atoms with E-state index in [0.717, 1.165) is 5.56 Å². The molecule has 1 rings (SSSR count). The summed E-state index contributed by atoms with van der Waals surface area (Å²) in [5.74, 6) is 0. The first kappa shape index (κ1) is 7.77. The number of nitrogens with zero attached hydrogens (tertiary/aromatic N) is 1. The smallest absolute Gasteiger partial charge is 0.166 e. The van der Waals surface area contributed by atoms with Crippen LogP contribution in [0.3, 0.4) is 0 Å². The van der Waals surface area contributed by atoms with Gasteiger partial charge in [-0.15, -0.1) is 0 Å². The first-order chi connectivity index (χ1) is 5.25. The molecule has 2 heteroatoms. The minimum absolute atomic E-state index is 0.690. The molecule has 0 aliphatic rings. The van der Waals surface area contributed by atoms with E-state index in [2.05, 4.69) is 0 Å². The normalized spacial score (nSPS) is 12.1. The van der Waals surface area contributed by atoms with E-state index in [4.69, 9.17) is 10.4 Å². The summed E-state index contributed by atoms with van der Waals surface area (Å²) in [5, 5.41) is 17.6. The Hall–Kier alpha value is -1.33. The third kappa shape index (κ3) is 1.57. The molecule has 1 unspecified atom stereocenters. The van der Waals surface area contributed by atoms with E-state index in [9.17, 15) is 0 Å². The second-order valence-corrected chi connectivity index (χ2v) is 2.39. The van der Waals surface area contributed by atoms with Crippen LogP contribution in [0.5, 0.6) is 0 Å². The van der Waals surface area contributed by atoms with E-state index in [-0.39, 0.29) is 0 Å². The van der Waals surface area contributed by atoms with Crippen molar-refractivity contribution in [3.63, 3.8) is 0 Å². The summed E-state index contributed by atoms with van der Waals surface area (Å²) in [5.41, 5.74) is 1.64. The van der Waals surface area contributed by atoms with Crippen molar-refractivity contribution in [1.82, 2.24) is 0 Å². The molecule has 0 aromatic heterocycles. The fourth-order valence-electron chi connectivity index (χ4n) is 0.963. The van der Waals surface area contributed by atoms with Crippen molar-refractivity contribution in [2.75, 3.05) is 0 Å². The number of nitriles is 1. The molecule has 1 atom stereocenters. The van der Waals surface area contributed by atoms with Gasteiger partial charge in [0, 0.05) is 0 Å². The van der Waals surface area contributed by atoms with Crippen molar-refractivity contribution in [1.29, 1.82) is 5.26 Å². The van der Waals surface area contributed by atoms with Crippen LogP contribution in [0, 0.1) is 18.3 Å². The molecule has 56 valence electrons. The van der Waals surface area contributed by atoms with Gasteiger partial charge in [0.25, 0.3) is 0 Å². The van der Waals surface area contributed by atoms with Crippen LogP contribution in [0.15, 0.2) is 24.3 Å². The van der Waals surface area contributed by atoms with Crippen molar-refractivity contribution in [2.24, 2.45) is 0 Å². The number of aryl methyl sites for hydroxylation is 1. The Morgan fingerprint density at radius 1 is 1.45 bits per heavy atom. The number of hydrogen-bond donors (Lipinski definition) is 1. The Morgan fingerprint density at radius 3 is 2.64 bits per heavy atom. The van der Waals surface area contributed by atoms with Crippen LogP contribution in [0.2, 0.25) is 0 Å². The van der Waals surface area contributed by atoms with Gasteiger partial charge in [0.2, 0.25) is 0 Å². The second-order valence-electron chi connectivity index (χ2n) is 2.39. The van der Waals surface area contributed by atoms with Gasteiger partial charge in [-0.05, 0) is 18.1 Å². The van der Waals surface area contributed by atoms with Crippen LogP contribution in [-0.4, -0.2) is 5.11 Å². The monoisotopic (exact) mass is 147 g/mol. The Bertz CT molecular complexity index is 288. The lowest BCUT2D eigenvalue weighted by Crippen LogP contribution is -1.95. The fourth-order valence-corrected chi connectivity index (χ4v) is 0.963. The molecule has 2 nitrogen and oxygen atoms in total. The molecule has 0 spiro atoms. The summed E-state index contributed by atoms with van der Waals surface area (Å²) in [6.07, 6.45) is -0.990. The molecule has 1 N–H and O–H groups in total. The third-order valence-electron chi connectivity index (χ3n) is 1.61. The standard InChI is InChI=1S/C9H9NO/c1-7-4-2-3-5-8(7)9(11)6-10/h2-5,9,11H,1H3. The Kier molecular flexibility index (Phi) is 2.25. The second kappa shape index (κ2) is 3.18. The van der Waals surface area contributed by atoms with Gasteiger partial charge in [-0.25, -0.2) is 0 Å². The van der Waals surface area contributed by atoms with Crippen LogP contribution >= 0.6 is 0 Å². The average Bonchev–Trinajstić information content (AvgIpc) is 2.04. The average molecular weight is 147 g/mol. The molecule has 0 radical (unpaired) electrons. The van der Waals surface area contributed by atoms with E-state index in [1.54, 1.807) is 12.1 Å². The van der Waals surface area contributed by atoms with E-state index in [0.29, 0.717) is 5.56 Å². The Morgan fingerprint density at radius 2 is 2.09 bits per heavy atom. The van der Waals surface area contributed by atoms with Gasteiger partial charge in [0.1, 0.15) is 0 Å². The first-order valence-electron chi connectivity index (χ1n) is 3.39. The van der Waals surface area contributed by atoms with Crippen LogP contribution < -0.4 is 0 Å². The first-order valence-corrected chi connectivity index (χ1v) is 3.39. The summed E-state index contributed by atoms with van der Waals surface area (Å²) < 4.78 is 0. The molecular formula is C9H9NO. The molecule has 0 aliphatic carbocycles. The molecule has 11 heavy (non-hydrogen) atoms. The van der Waals surface area contributed by atoms with Gasteiger partial charge >= 0.3 is 0 Å². The van der Waals surface area contributed by atoms with Gasteiger partial charge in [-0.3, -0.25) is 0 Å². The van der Waals surface area contributed by atoms with Crippen LogP contribution in [0.1, 0.15) is 17.2 Å². The van der Waals surface area contributed by atoms with Gasteiger partial charge in [-0.1, -0.05) is 24.3 Å². The number of aliphatic hydroxyl groups excluding tert-OH is 1. The molecule has 0 heterocycles. The summed E-state index contributed by atoms with van der Waals surface area (Å²) >= 11 is 0. The van der Waals surface area contributed by atoms with Crippen molar-refractivity contribution < 1.29 is 5.11 Å². The molecule has 0 saturated carbocycles. The highest BCUT2D eigenvalue weighted by atomic mass is 16.3. The minimum Gasteiger partial charge on any atom is -0.374 e. The van der Waals surface area contributed by atoms with E-state index >= 15 is 0 Å². The summed E-state index contributed by atoms with van der Waals surface area (Å²) in [6, 6.07) is 9.09. The molecule has 0 saturated heterocycles. The molecule has 0 bridgehead atoms. The maximum absolute atomic E-state index is 9.15. The lowest BCUT2D eigenvalue weighted by molar-refractivity contribution is 0.235. The van der Waals surface area contributed by atoms with Crippen molar-refractivity contribution in [2.45, 2.75) is 13.0 Å². The predicted molar refractivity (Wildman–Crippen MR) is 41.8 cm³/mol. The zero-order valence-electron chi connectivity index (χ0n) is 6.28. The molecule has 0 fully saturated rings. The van der Waals surface area contributed by atoms with Crippen molar-refractivity contribution >= 4 is 0 Å². The van der Waals surface area contributed by atoms with E-state index < -0.39 is 6.10 Å². The largest absolute Gasteiger partial charge is 0.374 e. The zero-order chi connectivity index (χ0) is 8.27. The highest BCUT2D eigenvalue weighted by molar-refractivity contribution is 5.30. The van der Waals surface area contributed by atoms with Gasteiger partial charge in [0.15, 0.2) is 6.10 Å². The van der Waals surface area contributed by atoms with E-state index in [1.807, 2.05) is 25.1 Å². The van der Waals surface area contributed by atoms with Crippen LogP contribution in [0.25, 0.3) is 0 Å². The molecule has 0 amide bonds.